The van der Waals surface area contributed by atoms with Crippen LogP contribution in [-0.4, -0.2) is 39.3 Å². The first kappa shape index (κ1) is 16.0. The Bertz CT molecular complexity index is 565. The second-order valence-electron chi connectivity index (χ2n) is 4.49. The highest BCUT2D eigenvalue weighted by Gasteiger charge is 2.21. The minimum atomic E-state index is -0.222. The summed E-state index contributed by atoms with van der Waals surface area (Å²) in [5.74, 6) is 0.686. The lowest BCUT2D eigenvalue weighted by molar-refractivity contribution is -0.129. The first-order valence-corrected chi connectivity index (χ1v) is 8.70. The van der Waals surface area contributed by atoms with Crippen molar-refractivity contribution in [3.63, 3.8) is 0 Å². The highest BCUT2D eigenvalue weighted by molar-refractivity contribution is 8.00. The number of carbonyl (C=O) groups excluding carboxylic acids is 1. The molecule has 21 heavy (non-hydrogen) atoms. The van der Waals surface area contributed by atoms with Crippen LogP contribution in [0.25, 0.3) is 0 Å². The van der Waals surface area contributed by atoms with Gasteiger partial charge >= 0.3 is 0 Å². The molecular formula is C14H19N3O2S2. The molecule has 0 bridgehead atoms. The molecule has 2 rings (SSSR count). The van der Waals surface area contributed by atoms with Gasteiger partial charge in [-0.2, -0.15) is 0 Å². The van der Waals surface area contributed by atoms with Crippen LogP contribution in [0.1, 0.15) is 31.5 Å². The van der Waals surface area contributed by atoms with E-state index in [1.807, 2.05) is 38.3 Å². The Morgan fingerprint density at radius 1 is 1.43 bits per heavy atom. The molecule has 2 aromatic heterocycles. The SMILES string of the molecule is CCN(CC)C(=O)C(C)Sc1nnc(Cc2cccs2)o1. The van der Waals surface area contributed by atoms with Crippen molar-refractivity contribution in [3.05, 3.63) is 28.3 Å². The zero-order chi connectivity index (χ0) is 15.2. The molecule has 114 valence electrons. The zero-order valence-corrected chi connectivity index (χ0v) is 14.0. The predicted molar refractivity (Wildman–Crippen MR) is 84.7 cm³/mol. The van der Waals surface area contributed by atoms with Crippen LogP contribution >= 0.6 is 23.1 Å². The Balaban J connectivity index is 1.94. The van der Waals surface area contributed by atoms with Gasteiger partial charge in [0.1, 0.15) is 0 Å². The quantitative estimate of drug-likeness (QED) is 0.732. The minimum Gasteiger partial charge on any atom is -0.416 e. The number of rotatable bonds is 7. The molecule has 0 aliphatic heterocycles. The summed E-state index contributed by atoms with van der Waals surface area (Å²) >= 11 is 2.98. The van der Waals surface area contributed by atoms with Crippen molar-refractivity contribution in [2.75, 3.05) is 13.1 Å². The zero-order valence-electron chi connectivity index (χ0n) is 12.4. The number of hydrogen-bond donors (Lipinski definition) is 0. The summed E-state index contributed by atoms with van der Waals surface area (Å²) in [4.78, 5) is 15.2. The molecule has 0 fully saturated rings. The van der Waals surface area contributed by atoms with Gasteiger partial charge in [-0.1, -0.05) is 17.8 Å². The normalized spacial score (nSPS) is 12.3. The van der Waals surface area contributed by atoms with Gasteiger partial charge < -0.3 is 9.32 Å². The molecular weight excluding hydrogens is 306 g/mol. The number of nitrogens with zero attached hydrogens (tertiary/aromatic N) is 3. The highest BCUT2D eigenvalue weighted by Crippen LogP contribution is 2.24. The first-order chi connectivity index (χ1) is 10.1. The molecule has 0 saturated carbocycles. The van der Waals surface area contributed by atoms with E-state index in [-0.39, 0.29) is 11.2 Å². The third-order valence-electron chi connectivity index (χ3n) is 3.05. The summed E-state index contributed by atoms with van der Waals surface area (Å²) in [5, 5.41) is 10.3. The van der Waals surface area contributed by atoms with E-state index in [0.717, 1.165) is 0 Å². The second kappa shape index (κ2) is 7.61. The van der Waals surface area contributed by atoms with E-state index in [1.165, 1.54) is 16.6 Å². The molecule has 0 aromatic carbocycles. The van der Waals surface area contributed by atoms with Crippen molar-refractivity contribution in [2.24, 2.45) is 0 Å². The number of thiophene rings is 1. The lowest BCUT2D eigenvalue weighted by Crippen LogP contribution is -2.36. The van der Waals surface area contributed by atoms with Gasteiger partial charge in [0.05, 0.1) is 11.7 Å². The van der Waals surface area contributed by atoms with E-state index in [2.05, 4.69) is 10.2 Å². The number of aromatic nitrogens is 2. The van der Waals surface area contributed by atoms with Crippen molar-refractivity contribution in [2.45, 2.75) is 37.7 Å². The Morgan fingerprint density at radius 3 is 2.81 bits per heavy atom. The smallest absolute Gasteiger partial charge is 0.277 e. The van der Waals surface area contributed by atoms with Gasteiger partial charge in [-0.05, 0) is 32.2 Å². The fourth-order valence-corrected chi connectivity index (χ4v) is 3.39. The molecule has 2 heterocycles. The summed E-state index contributed by atoms with van der Waals surface area (Å²) in [5.41, 5.74) is 0. The average Bonchev–Trinajstić information content (AvgIpc) is 3.12. The largest absolute Gasteiger partial charge is 0.416 e. The van der Waals surface area contributed by atoms with Crippen molar-refractivity contribution in [3.8, 4) is 0 Å². The average molecular weight is 325 g/mol. The maximum Gasteiger partial charge on any atom is 0.277 e. The van der Waals surface area contributed by atoms with Crippen LogP contribution in [0.2, 0.25) is 0 Å². The van der Waals surface area contributed by atoms with Crippen LogP contribution in [0, 0.1) is 0 Å². The number of carbonyl (C=O) groups is 1. The number of thioether (sulfide) groups is 1. The van der Waals surface area contributed by atoms with Crippen LogP contribution in [0.4, 0.5) is 0 Å². The first-order valence-electron chi connectivity index (χ1n) is 6.94. The summed E-state index contributed by atoms with van der Waals surface area (Å²) in [6.07, 6.45) is 0.642. The van der Waals surface area contributed by atoms with Crippen LogP contribution in [0.5, 0.6) is 0 Å². The molecule has 5 nitrogen and oxygen atoms in total. The van der Waals surface area contributed by atoms with Crippen molar-refractivity contribution in [1.82, 2.24) is 15.1 Å². The Labute approximate surface area is 132 Å². The molecule has 2 aromatic rings. The number of amides is 1. The summed E-state index contributed by atoms with van der Waals surface area (Å²) in [7, 11) is 0. The van der Waals surface area contributed by atoms with Crippen LogP contribution in [0.15, 0.2) is 27.2 Å². The number of hydrogen-bond acceptors (Lipinski definition) is 6. The summed E-state index contributed by atoms with van der Waals surface area (Å²) in [6, 6.07) is 4.03. The van der Waals surface area contributed by atoms with E-state index in [0.29, 0.717) is 30.6 Å². The predicted octanol–water partition coefficient (Wildman–Crippen LogP) is 3.07. The fraction of sp³-hybridized carbons (Fsp3) is 0.500. The monoisotopic (exact) mass is 325 g/mol. The van der Waals surface area contributed by atoms with Crippen molar-refractivity contribution >= 4 is 29.0 Å². The lowest BCUT2D eigenvalue weighted by Gasteiger charge is -2.21. The van der Waals surface area contributed by atoms with E-state index in [1.54, 1.807) is 16.2 Å². The second-order valence-corrected chi connectivity index (χ2v) is 6.81. The van der Waals surface area contributed by atoms with Gasteiger partial charge in [0.15, 0.2) is 0 Å². The Kier molecular flexibility index (Phi) is 5.81. The van der Waals surface area contributed by atoms with E-state index in [4.69, 9.17) is 4.42 Å². The molecule has 0 spiro atoms. The molecule has 0 aliphatic rings. The Hall–Kier alpha value is -1.34. The molecule has 1 atom stereocenters. The summed E-state index contributed by atoms with van der Waals surface area (Å²) < 4.78 is 5.60. The molecule has 7 heteroatoms. The maximum atomic E-state index is 12.2. The minimum absolute atomic E-state index is 0.100. The van der Waals surface area contributed by atoms with E-state index in [9.17, 15) is 4.79 Å². The molecule has 1 unspecified atom stereocenters. The molecule has 0 radical (unpaired) electrons. The van der Waals surface area contributed by atoms with Crippen LogP contribution in [0.3, 0.4) is 0 Å². The van der Waals surface area contributed by atoms with Gasteiger partial charge in [0, 0.05) is 18.0 Å². The van der Waals surface area contributed by atoms with Crippen molar-refractivity contribution < 1.29 is 9.21 Å². The van der Waals surface area contributed by atoms with Crippen LogP contribution in [-0.2, 0) is 11.2 Å². The van der Waals surface area contributed by atoms with E-state index < -0.39 is 0 Å². The molecule has 0 aliphatic carbocycles. The van der Waals surface area contributed by atoms with E-state index >= 15 is 0 Å². The third kappa shape index (κ3) is 4.31. The highest BCUT2D eigenvalue weighted by atomic mass is 32.2. The fourth-order valence-electron chi connectivity index (χ4n) is 1.91. The molecule has 0 saturated heterocycles. The lowest BCUT2D eigenvalue weighted by atomic mass is 10.3. The topological polar surface area (TPSA) is 59.2 Å². The van der Waals surface area contributed by atoms with Gasteiger partial charge in [-0.3, -0.25) is 4.79 Å². The molecule has 1 amide bonds. The summed E-state index contributed by atoms with van der Waals surface area (Å²) in [6.45, 7) is 7.26. The van der Waals surface area contributed by atoms with Gasteiger partial charge in [-0.15, -0.1) is 21.5 Å². The van der Waals surface area contributed by atoms with Gasteiger partial charge in [0.25, 0.3) is 5.22 Å². The van der Waals surface area contributed by atoms with Crippen molar-refractivity contribution in [1.29, 1.82) is 0 Å². The molecule has 0 N–H and O–H groups in total. The maximum absolute atomic E-state index is 12.2. The Morgan fingerprint density at radius 2 is 2.19 bits per heavy atom. The third-order valence-corrected chi connectivity index (χ3v) is 4.85. The van der Waals surface area contributed by atoms with Gasteiger partial charge in [-0.25, -0.2) is 0 Å². The van der Waals surface area contributed by atoms with Crippen LogP contribution < -0.4 is 0 Å². The standard InChI is InChI=1S/C14H19N3O2S2/c1-4-17(5-2)13(18)10(3)21-14-16-15-12(19-14)9-11-7-6-8-20-11/h6-8,10H,4-5,9H2,1-3H3. The van der Waals surface area contributed by atoms with Gasteiger partial charge in [0.2, 0.25) is 11.8 Å².